The second-order valence-corrected chi connectivity index (χ2v) is 6.83. The van der Waals surface area contributed by atoms with Crippen LogP contribution in [0.25, 0.3) is 10.9 Å². The molecule has 1 fully saturated rings. The van der Waals surface area contributed by atoms with Gasteiger partial charge >= 0.3 is 5.97 Å². The molecule has 8 heteroatoms. The lowest BCUT2D eigenvalue weighted by Gasteiger charge is -2.13. The molecule has 2 heterocycles. The number of benzene rings is 1. The van der Waals surface area contributed by atoms with Crippen molar-refractivity contribution in [2.75, 3.05) is 25.4 Å². The minimum Gasteiger partial charge on any atom is -0.456 e. The predicted molar refractivity (Wildman–Crippen MR) is 96.9 cm³/mol. The van der Waals surface area contributed by atoms with Crippen LogP contribution in [0.5, 0.6) is 0 Å². The highest BCUT2D eigenvalue weighted by Crippen LogP contribution is 2.22. The number of carbonyl (C=O) groups excluding carboxylic acids is 3. The number of rotatable bonds is 7. The molecule has 0 unspecified atom stereocenters. The summed E-state index contributed by atoms with van der Waals surface area (Å²) in [5.74, 6) is -0.248. The van der Waals surface area contributed by atoms with Crippen LogP contribution in [-0.4, -0.2) is 51.9 Å². The van der Waals surface area contributed by atoms with Crippen LogP contribution in [0, 0.1) is 11.3 Å². The van der Waals surface area contributed by atoms with Crippen LogP contribution in [0.15, 0.2) is 30.5 Å². The molecule has 134 valence electrons. The number of nitrogens with zero attached hydrogens (tertiary/aromatic N) is 3. The Morgan fingerprint density at radius 3 is 2.85 bits per heavy atom. The maximum Gasteiger partial charge on any atom is 0.326 e. The zero-order valence-electron chi connectivity index (χ0n) is 14.0. The number of amides is 1. The number of para-hydroxylation sites is 1. The highest BCUT2D eigenvalue weighted by atomic mass is 32.2. The van der Waals surface area contributed by atoms with E-state index in [1.54, 1.807) is 6.20 Å². The SMILES string of the molecule is N#CCCn1cc(C(=O)COC(=O)CN2CCSC2=O)c2ccccc21. The molecule has 3 rings (SSSR count). The van der Waals surface area contributed by atoms with E-state index < -0.39 is 5.97 Å². The van der Waals surface area contributed by atoms with E-state index in [4.69, 9.17) is 10.00 Å². The highest BCUT2D eigenvalue weighted by molar-refractivity contribution is 8.13. The molecule has 0 bridgehead atoms. The smallest absolute Gasteiger partial charge is 0.326 e. The zero-order valence-corrected chi connectivity index (χ0v) is 14.8. The van der Waals surface area contributed by atoms with Crippen molar-refractivity contribution in [3.05, 3.63) is 36.0 Å². The topological polar surface area (TPSA) is 92.4 Å². The van der Waals surface area contributed by atoms with E-state index in [2.05, 4.69) is 6.07 Å². The van der Waals surface area contributed by atoms with Gasteiger partial charge in [-0.25, -0.2) is 0 Å². The molecule has 1 saturated heterocycles. The summed E-state index contributed by atoms with van der Waals surface area (Å²) < 4.78 is 6.91. The number of thioether (sulfide) groups is 1. The summed E-state index contributed by atoms with van der Waals surface area (Å²) in [5, 5.41) is 9.40. The average Bonchev–Trinajstić information content (AvgIpc) is 3.22. The van der Waals surface area contributed by atoms with Crippen molar-refractivity contribution >= 4 is 39.7 Å². The first-order valence-electron chi connectivity index (χ1n) is 8.15. The minimum absolute atomic E-state index is 0.136. The van der Waals surface area contributed by atoms with Crippen molar-refractivity contribution < 1.29 is 19.1 Å². The Morgan fingerprint density at radius 2 is 2.12 bits per heavy atom. The van der Waals surface area contributed by atoms with Crippen molar-refractivity contribution in [3.8, 4) is 6.07 Å². The fourth-order valence-electron chi connectivity index (χ4n) is 2.82. The molecule has 1 aromatic carbocycles. The van der Waals surface area contributed by atoms with E-state index in [0.29, 0.717) is 30.8 Å². The van der Waals surface area contributed by atoms with Gasteiger partial charge < -0.3 is 14.2 Å². The summed E-state index contributed by atoms with van der Waals surface area (Å²) in [4.78, 5) is 37.3. The molecule has 1 aliphatic heterocycles. The number of nitriles is 1. The van der Waals surface area contributed by atoms with Gasteiger partial charge in [-0.2, -0.15) is 5.26 Å². The van der Waals surface area contributed by atoms with Gasteiger partial charge in [0.05, 0.1) is 12.5 Å². The normalized spacial score (nSPS) is 13.8. The van der Waals surface area contributed by atoms with E-state index in [-0.39, 0.29) is 24.2 Å². The molecular weight excluding hydrogens is 354 g/mol. The van der Waals surface area contributed by atoms with Gasteiger partial charge in [0.15, 0.2) is 6.61 Å². The molecule has 7 nitrogen and oxygen atoms in total. The summed E-state index contributed by atoms with van der Waals surface area (Å²) in [7, 11) is 0. The van der Waals surface area contributed by atoms with Crippen molar-refractivity contribution in [2.24, 2.45) is 0 Å². The van der Waals surface area contributed by atoms with Gasteiger partial charge in [0.25, 0.3) is 5.24 Å². The second-order valence-electron chi connectivity index (χ2n) is 5.78. The number of ketones is 1. The maximum atomic E-state index is 12.5. The Bertz CT molecular complexity index is 899. The van der Waals surface area contributed by atoms with E-state index in [1.165, 1.54) is 16.7 Å². The number of aryl methyl sites for hydroxylation is 1. The third kappa shape index (κ3) is 3.89. The molecule has 1 aromatic heterocycles. The lowest BCUT2D eigenvalue weighted by Crippen LogP contribution is -2.31. The van der Waals surface area contributed by atoms with Crippen molar-refractivity contribution in [3.63, 3.8) is 0 Å². The first kappa shape index (κ1) is 18.0. The molecule has 1 aliphatic rings. The van der Waals surface area contributed by atoms with Gasteiger partial charge in [-0.05, 0) is 6.07 Å². The third-order valence-corrected chi connectivity index (χ3v) is 4.97. The van der Waals surface area contributed by atoms with Gasteiger partial charge in [-0.1, -0.05) is 30.0 Å². The van der Waals surface area contributed by atoms with Gasteiger partial charge in [-0.15, -0.1) is 0 Å². The molecule has 1 amide bonds. The van der Waals surface area contributed by atoms with E-state index >= 15 is 0 Å². The van der Waals surface area contributed by atoms with Crippen LogP contribution in [0.4, 0.5) is 4.79 Å². The molecule has 0 saturated carbocycles. The number of aromatic nitrogens is 1. The van der Waals surface area contributed by atoms with Gasteiger partial charge in [-0.3, -0.25) is 14.4 Å². The summed E-state index contributed by atoms with van der Waals surface area (Å²) in [6.07, 6.45) is 2.03. The minimum atomic E-state index is -0.595. The van der Waals surface area contributed by atoms with Crippen LogP contribution in [0.3, 0.4) is 0 Å². The Balaban J connectivity index is 1.67. The second kappa shape index (κ2) is 8.06. The van der Waals surface area contributed by atoms with E-state index in [9.17, 15) is 14.4 Å². The fourth-order valence-corrected chi connectivity index (χ4v) is 3.64. The molecule has 2 aromatic rings. The molecule has 0 aliphatic carbocycles. The monoisotopic (exact) mass is 371 g/mol. The van der Waals surface area contributed by atoms with Gasteiger partial charge in [0.1, 0.15) is 6.54 Å². The van der Waals surface area contributed by atoms with Gasteiger partial charge in [0.2, 0.25) is 5.78 Å². The van der Waals surface area contributed by atoms with Crippen LogP contribution in [0.1, 0.15) is 16.8 Å². The first-order chi connectivity index (χ1) is 12.6. The number of hydrogen-bond donors (Lipinski definition) is 0. The maximum absolute atomic E-state index is 12.5. The zero-order chi connectivity index (χ0) is 18.5. The number of carbonyl (C=O) groups is 3. The Morgan fingerprint density at radius 1 is 1.31 bits per heavy atom. The Kier molecular flexibility index (Phi) is 5.58. The number of Topliss-reactive ketones (excluding diaryl/α,β-unsaturated/α-hetero) is 1. The van der Waals surface area contributed by atoms with Crippen molar-refractivity contribution in [1.29, 1.82) is 5.26 Å². The summed E-state index contributed by atoms with van der Waals surface area (Å²) in [6, 6.07) is 9.49. The van der Waals surface area contributed by atoms with Crippen molar-refractivity contribution in [1.82, 2.24) is 9.47 Å². The van der Waals surface area contributed by atoms with Gasteiger partial charge in [0, 0.05) is 41.5 Å². The molecule has 0 spiro atoms. The van der Waals surface area contributed by atoms with Crippen LogP contribution in [0.2, 0.25) is 0 Å². The highest BCUT2D eigenvalue weighted by Gasteiger charge is 2.24. The van der Waals surface area contributed by atoms with Crippen molar-refractivity contribution in [2.45, 2.75) is 13.0 Å². The number of hydrogen-bond acceptors (Lipinski definition) is 6. The Hall–Kier alpha value is -2.79. The number of esters is 1. The van der Waals surface area contributed by atoms with E-state index in [0.717, 1.165) is 10.9 Å². The first-order valence-corrected chi connectivity index (χ1v) is 9.14. The molecule has 0 N–H and O–H groups in total. The van der Waals surface area contributed by atoms with Crippen LogP contribution in [-0.2, 0) is 16.1 Å². The molecule has 0 radical (unpaired) electrons. The van der Waals surface area contributed by atoms with Crippen LogP contribution < -0.4 is 0 Å². The lowest BCUT2D eigenvalue weighted by molar-refractivity contribution is -0.142. The molecular formula is C18H17N3O4S. The molecule has 26 heavy (non-hydrogen) atoms. The Labute approximate surface area is 154 Å². The average molecular weight is 371 g/mol. The summed E-state index contributed by atoms with van der Waals surface area (Å²) in [5.41, 5.74) is 1.32. The standard InChI is InChI=1S/C18H17N3O4S/c19-6-3-7-20-10-14(13-4-1-2-5-15(13)20)16(22)12-25-17(23)11-21-8-9-26-18(21)24/h1-2,4-5,10H,3,7-9,11-12H2. The largest absolute Gasteiger partial charge is 0.456 e. The predicted octanol–water partition coefficient (Wildman–Crippen LogP) is 2.45. The number of ether oxygens (including phenoxy) is 1. The molecule has 0 atom stereocenters. The quantitative estimate of drug-likeness (QED) is 0.548. The fraction of sp³-hybridized carbons (Fsp3) is 0.333. The van der Waals surface area contributed by atoms with Crippen LogP contribution >= 0.6 is 11.8 Å². The summed E-state index contributed by atoms with van der Waals surface area (Å²) >= 11 is 1.17. The summed E-state index contributed by atoms with van der Waals surface area (Å²) in [6.45, 7) is 0.487. The lowest BCUT2D eigenvalue weighted by atomic mass is 10.1. The number of fused-ring (bicyclic) bond motifs is 1. The van der Waals surface area contributed by atoms with E-state index in [1.807, 2.05) is 28.8 Å². The third-order valence-electron chi connectivity index (χ3n) is 4.08.